The molecule has 0 fully saturated rings. The summed E-state index contributed by atoms with van der Waals surface area (Å²) in [6, 6.07) is 15.2. The maximum absolute atomic E-state index is 9.63. The van der Waals surface area contributed by atoms with Crippen LogP contribution in [0.25, 0.3) is 0 Å². The number of aromatic hydroxyl groups is 2. The van der Waals surface area contributed by atoms with Gasteiger partial charge >= 0.3 is 0 Å². The maximum Gasteiger partial charge on any atom is 0.115 e. The fraction of sp³-hybridized carbons (Fsp3) is 0.429. The highest BCUT2D eigenvalue weighted by molar-refractivity contribution is 5.43. The van der Waals surface area contributed by atoms with Gasteiger partial charge in [-0.25, -0.2) is 0 Å². The molecule has 1 atom stereocenters. The van der Waals surface area contributed by atoms with Gasteiger partial charge < -0.3 is 10.2 Å². The first-order chi connectivity index (χ1) is 11.0. The molecule has 2 aromatic carbocycles. The van der Waals surface area contributed by atoms with Gasteiger partial charge in [-0.2, -0.15) is 0 Å². The van der Waals surface area contributed by atoms with Gasteiger partial charge in [-0.1, -0.05) is 64.3 Å². The molecule has 0 spiro atoms. The van der Waals surface area contributed by atoms with Crippen LogP contribution in [0.2, 0.25) is 0 Å². The van der Waals surface area contributed by atoms with Crippen molar-refractivity contribution in [3.05, 3.63) is 59.7 Å². The number of phenolic OH excluding ortho intramolecular Hbond substituents is 2. The van der Waals surface area contributed by atoms with Crippen LogP contribution >= 0.6 is 0 Å². The molecule has 0 aliphatic carbocycles. The van der Waals surface area contributed by atoms with Gasteiger partial charge in [-0.05, 0) is 47.7 Å². The number of hydrogen-bond acceptors (Lipinski definition) is 2. The Morgan fingerprint density at radius 1 is 0.826 bits per heavy atom. The van der Waals surface area contributed by atoms with E-state index >= 15 is 0 Å². The Bertz CT molecular complexity index is 553. The molecule has 0 heterocycles. The molecule has 0 aliphatic rings. The van der Waals surface area contributed by atoms with Crippen LogP contribution in [0.1, 0.15) is 57.6 Å². The predicted octanol–water partition coefficient (Wildman–Crippen LogP) is 5.62. The molecule has 2 rings (SSSR count). The third kappa shape index (κ3) is 3.69. The minimum atomic E-state index is -0.134. The lowest BCUT2D eigenvalue weighted by atomic mass is 9.65. The summed E-state index contributed by atoms with van der Waals surface area (Å²) in [5, 5.41) is 19.3. The van der Waals surface area contributed by atoms with Gasteiger partial charge in [0.25, 0.3) is 0 Å². The summed E-state index contributed by atoms with van der Waals surface area (Å²) in [4.78, 5) is 0. The number of hydrogen-bond donors (Lipinski definition) is 2. The van der Waals surface area contributed by atoms with Gasteiger partial charge in [-0.15, -0.1) is 0 Å². The van der Waals surface area contributed by atoms with Crippen molar-refractivity contribution in [2.45, 2.75) is 51.9 Å². The molecule has 2 N–H and O–H groups in total. The summed E-state index contributed by atoms with van der Waals surface area (Å²) in [5.74, 6) is 1.10. The summed E-state index contributed by atoms with van der Waals surface area (Å²) in [6.45, 7) is 6.76. The Labute approximate surface area is 139 Å². The SMILES string of the molecule is CCCCC(CC)C(C)(c1ccc(O)cc1)c1ccc(O)cc1. The van der Waals surface area contributed by atoms with Crippen LogP contribution in [-0.4, -0.2) is 10.2 Å². The summed E-state index contributed by atoms with van der Waals surface area (Å²) in [6.07, 6.45) is 4.67. The second-order valence-electron chi connectivity index (χ2n) is 6.54. The zero-order chi connectivity index (χ0) is 16.9. The van der Waals surface area contributed by atoms with Crippen LogP contribution in [0, 0.1) is 5.92 Å². The molecule has 0 aliphatic heterocycles. The smallest absolute Gasteiger partial charge is 0.115 e. The van der Waals surface area contributed by atoms with Crippen molar-refractivity contribution in [1.29, 1.82) is 0 Å². The lowest BCUT2D eigenvalue weighted by Crippen LogP contribution is -2.33. The molecule has 0 radical (unpaired) electrons. The van der Waals surface area contributed by atoms with Gasteiger partial charge in [0.1, 0.15) is 11.5 Å². The average Bonchev–Trinajstić information content (AvgIpc) is 2.56. The third-order valence-corrected chi connectivity index (χ3v) is 5.15. The van der Waals surface area contributed by atoms with Crippen LogP contribution in [-0.2, 0) is 5.41 Å². The minimum absolute atomic E-state index is 0.134. The first kappa shape index (κ1) is 17.4. The number of benzene rings is 2. The molecule has 2 heteroatoms. The van der Waals surface area contributed by atoms with Crippen molar-refractivity contribution in [3.63, 3.8) is 0 Å². The zero-order valence-corrected chi connectivity index (χ0v) is 14.4. The van der Waals surface area contributed by atoms with Crippen molar-refractivity contribution in [2.75, 3.05) is 0 Å². The molecule has 0 bridgehead atoms. The average molecular weight is 312 g/mol. The van der Waals surface area contributed by atoms with E-state index in [1.165, 1.54) is 30.4 Å². The molecule has 0 saturated heterocycles. The second kappa shape index (κ2) is 7.54. The van der Waals surface area contributed by atoms with Crippen molar-refractivity contribution >= 4 is 0 Å². The number of phenols is 2. The molecule has 0 aromatic heterocycles. The second-order valence-corrected chi connectivity index (χ2v) is 6.54. The van der Waals surface area contributed by atoms with Crippen LogP contribution in [0.3, 0.4) is 0 Å². The van der Waals surface area contributed by atoms with Gasteiger partial charge in [0.15, 0.2) is 0 Å². The first-order valence-electron chi connectivity index (χ1n) is 8.61. The van der Waals surface area contributed by atoms with Crippen LogP contribution < -0.4 is 0 Å². The van der Waals surface area contributed by atoms with Gasteiger partial charge in [0.05, 0.1) is 0 Å². The Balaban J connectivity index is 2.52. The monoisotopic (exact) mass is 312 g/mol. The highest BCUT2D eigenvalue weighted by atomic mass is 16.3. The standard InChI is InChI=1S/C21H28O2/c1-4-6-7-16(5-2)21(3,17-8-12-19(22)13-9-17)18-10-14-20(23)15-11-18/h8-16,22-23H,4-7H2,1-3H3. The van der Waals surface area contributed by atoms with Crippen molar-refractivity contribution < 1.29 is 10.2 Å². The molecule has 0 saturated carbocycles. The summed E-state index contributed by atoms with van der Waals surface area (Å²) < 4.78 is 0. The molecule has 0 amide bonds. The van der Waals surface area contributed by atoms with E-state index in [4.69, 9.17) is 0 Å². The Morgan fingerprint density at radius 2 is 1.26 bits per heavy atom. The number of unbranched alkanes of at least 4 members (excludes halogenated alkanes) is 1. The topological polar surface area (TPSA) is 40.5 Å². The quantitative estimate of drug-likeness (QED) is 0.696. The highest BCUT2D eigenvalue weighted by Gasteiger charge is 2.36. The summed E-state index contributed by atoms with van der Waals surface area (Å²) in [5.41, 5.74) is 2.29. The molecule has 124 valence electrons. The lowest BCUT2D eigenvalue weighted by molar-refractivity contribution is 0.305. The Hall–Kier alpha value is -1.96. The third-order valence-electron chi connectivity index (χ3n) is 5.15. The van der Waals surface area contributed by atoms with E-state index in [1.54, 1.807) is 24.3 Å². The lowest BCUT2D eigenvalue weighted by Gasteiger charge is -2.39. The fourth-order valence-electron chi connectivity index (χ4n) is 3.60. The van der Waals surface area contributed by atoms with Gasteiger partial charge in [-0.3, -0.25) is 0 Å². The molecule has 2 aromatic rings. The highest BCUT2D eigenvalue weighted by Crippen LogP contribution is 2.43. The van der Waals surface area contributed by atoms with Crippen molar-refractivity contribution in [2.24, 2.45) is 5.92 Å². The van der Waals surface area contributed by atoms with Crippen LogP contribution in [0.15, 0.2) is 48.5 Å². The minimum Gasteiger partial charge on any atom is -0.508 e. The van der Waals surface area contributed by atoms with Crippen molar-refractivity contribution in [1.82, 2.24) is 0 Å². The van der Waals surface area contributed by atoms with Gasteiger partial charge in [0, 0.05) is 5.41 Å². The number of rotatable bonds is 7. The molecular weight excluding hydrogens is 284 g/mol. The normalized spacial score (nSPS) is 13.0. The van der Waals surface area contributed by atoms with E-state index in [2.05, 4.69) is 20.8 Å². The van der Waals surface area contributed by atoms with Gasteiger partial charge in [0.2, 0.25) is 0 Å². The molecule has 1 unspecified atom stereocenters. The first-order valence-corrected chi connectivity index (χ1v) is 8.61. The zero-order valence-electron chi connectivity index (χ0n) is 14.4. The van der Waals surface area contributed by atoms with Crippen LogP contribution in [0.4, 0.5) is 0 Å². The van der Waals surface area contributed by atoms with Crippen molar-refractivity contribution in [3.8, 4) is 11.5 Å². The van der Waals surface area contributed by atoms with E-state index in [1.807, 2.05) is 24.3 Å². The predicted molar refractivity (Wildman–Crippen MR) is 96.0 cm³/mol. The van der Waals surface area contributed by atoms with E-state index in [0.29, 0.717) is 17.4 Å². The maximum atomic E-state index is 9.63. The molecule has 2 nitrogen and oxygen atoms in total. The molecule has 23 heavy (non-hydrogen) atoms. The Kier molecular flexibility index (Phi) is 5.70. The van der Waals surface area contributed by atoms with Crippen LogP contribution in [0.5, 0.6) is 11.5 Å². The van der Waals surface area contributed by atoms with E-state index in [0.717, 1.165) is 6.42 Å². The summed E-state index contributed by atoms with van der Waals surface area (Å²) >= 11 is 0. The Morgan fingerprint density at radius 3 is 1.61 bits per heavy atom. The van der Waals surface area contributed by atoms with E-state index in [9.17, 15) is 10.2 Å². The fourth-order valence-corrected chi connectivity index (χ4v) is 3.60. The largest absolute Gasteiger partial charge is 0.508 e. The van der Waals surface area contributed by atoms with E-state index in [-0.39, 0.29) is 5.41 Å². The van der Waals surface area contributed by atoms with E-state index < -0.39 is 0 Å². The molecular formula is C21H28O2. The summed E-state index contributed by atoms with van der Waals surface area (Å²) in [7, 11) is 0.